The van der Waals surface area contributed by atoms with Crippen molar-refractivity contribution in [3.63, 3.8) is 0 Å². The Morgan fingerprint density at radius 1 is 1.13 bits per heavy atom. The lowest BCUT2D eigenvalue weighted by Crippen LogP contribution is -1.88. The lowest BCUT2D eigenvalue weighted by atomic mass is 10.1. The first-order valence-electron chi connectivity index (χ1n) is 4.88. The third kappa shape index (κ3) is 2.34. The SMILES string of the molecule is CCc1cccc(-c2ccc(Cl)nn2)c1. The summed E-state index contributed by atoms with van der Waals surface area (Å²) in [5.74, 6) is 0. The molecule has 15 heavy (non-hydrogen) atoms. The van der Waals surface area contributed by atoms with Gasteiger partial charge in [-0.1, -0.05) is 36.7 Å². The minimum Gasteiger partial charge on any atom is -0.149 e. The van der Waals surface area contributed by atoms with Gasteiger partial charge in [0.15, 0.2) is 5.15 Å². The first-order chi connectivity index (χ1) is 7.29. The Bertz CT molecular complexity index is 451. The Hall–Kier alpha value is -1.41. The van der Waals surface area contributed by atoms with E-state index in [-0.39, 0.29) is 0 Å². The van der Waals surface area contributed by atoms with Crippen LogP contribution in [0.15, 0.2) is 36.4 Å². The summed E-state index contributed by atoms with van der Waals surface area (Å²) in [6.07, 6.45) is 1.02. The van der Waals surface area contributed by atoms with Crippen molar-refractivity contribution in [3.05, 3.63) is 47.1 Å². The normalized spacial score (nSPS) is 10.3. The second-order valence-electron chi connectivity index (χ2n) is 3.30. The monoisotopic (exact) mass is 218 g/mol. The molecular formula is C12H11ClN2. The van der Waals surface area contributed by atoms with Gasteiger partial charge < -0.3 is 0 Å². The predicted molar refractivity (Wildman–Crippen MR) is 61.9 cm³/mol. The third-order valence-corrected chi connectivity index (χ3v) is 2.46. The molecule has 0 saturated carbocycles. The highest BCUT2D eigenvalue weighted by molar-refractivity contribution is 6.29. The van der Waals surface area contributed by atoms with Crippen molar-refractivity contribution in [2.75, 3.05) is 0 Å². The Labute approximate surface area is 93.9 Å². The van der Waals surface area contributed by atoms with Crippen LogP contribution in [0.3, 0.4) is 0 Å². The van der Waals surface area contributed by atoms with E-state index in [0.29, 0.717) is 5.15 Å². The molecule has 0 saturated heterocycles. The van der Waals surface area contributed by atoms with Crippen LogP contribution in [0.25, 0.3) is 11.3 Å². The Morgan fingerprint density at radius 3 is 2.67 bits per heavy atom. The summed E-state index contributed by atoms with van der Waals surface area (Å²) in [6, 6.07) is 11.9. The highest BCUT2D eigenvalue weighted by atomic mass is 35.5. The average Bonchev–Trinajstić information content (AvgIpc) is 2.30. The molecule has 0 N–H and O–H groups in total. The van der Waals surface area contributed by atoms with E-state index in [1.165, 1.54) is 5.56 Å². The zero-order chi connectivity index (χ0) is 10.7. The van der Waals surface area contributed by atoms with E-state index in [0.717, 1.165) is 17.7 Å². The van der Waals surface area contributed by atoms with Crippen LogP contribution in [0.5, 0.6) is 0 Å². The second-order valence-corrected chi connectivity index (χ2v) is 3.68. The van der Waals surface area contributed by atoms with Gasteiger partial charge in [0, 0.05) is 5.56 Å². The van der Waals surface area contributed by atoms with Crippen LogP contribution in [0.4, 0.5) is 0 Å². The molecule has 2 aromatic rings. The van der Waals surface area contributed by atoms with Crippen LogP contribution >= 0.6 is 11.6 Å². The molecule has 0 fully saturated rings. The molecule has 76 valence electrons. The predicted octanol–water partition coefficient (Wildman–Crippen LogP) is 3.36. The maximum Gasteiger partial charge on any atom is 0.151 e. The lowest BCUT2D eigenvalue weighted by molar-refractivity contribution is 1.04. The number of nitrogens with zero attached hydrogens (tertiary/aromatic N) is 2. The summed E-state index contributed by atoms with van der Waals surface area (Å²) in [5, 5.41) is 8.29. The standard InChI is InChI=1S/C12H11ClN2/c1-2-9-4-3-5-10(8-9)11-6-7-12(13)15-14-11/h3-8H,2H2,1H3. The molecule has 2 rings (SSSR count). The third-order valence-electron chi connectivity index (χ3n) is 2.26. The quantitative estimate of drug-likeness (QED) is 0.773. The van der Waals surface area contributed by atoms with Gasteiger partial charge in [0.1, 0.15) is 0 Å². The summed E-state index contributed by atoms with van der Waals surface area (Å²) in [5.41, 5.74) is 3.23. The van der Waals surface area contributed by atoms with Crippen LogP contribution in [-0.4, -0.2) is 10.2 Å². The zero-order valence-electron chi connectivity index (χ0n) is 8.44. The molecule has 1 heterocycles. The van der Waals surface area contributed by atoms with Crippen LogP contribution in [0.2, 0.25) is 5.15 Å². The van der Waals surface area contributed by atoms with Gasteiger partial charge in [0.2, 0.25) is 0 Å². The molecule has 0 radical (unpaired) electrons. The Kier molecular flexibility index (Phi) is 2.97. The number of rotatable bonds is 2. The minimum atomic E-state index is 0.422. The average molecular weight is 219 g/mol. The number of aromatic nitrogens is 2. The first kappa shape index (κ1) is 10.1. The summed E-state index contributed by atoms with van der Waals surface area (Å²) in [4.78, 5) is 0. The van der Waals surface area contributed by atoms with Crippen molar-refractivity contribution in [2.45, 2.75) is 13.3 Å². The van der Waals surface area contributed by atoms with E-state index in [9.17, 15) is 0 Å². The summed E-state index contributed by atoms with van der Waals surface area (Å²) < 4.78 is 0. The maximum absolute atomic E-state index is 5.68. The number of hydrogen-bond donors (Lipinski definition) is 0. The van der Waals surface area contributed by atoms with Crippen molar-refractivity contribution >= 4 is 11.6 Å². The van der Waals surface area contributed by atoms with E-state index < -0.39 is 0 Å². The first-order valence-corrected chi connectivity index (χ1v) is 5.26. The van der Waals surface area contributed by atoms with Crippen molar-refractivity contribution < 1.29 is 0 Å². The van der Waals surface area contributed by atoms with Gasteiger partial charge >= 0.3 is 0 Å². The van der Waals surface area contributed by atoms with Gasteiger partial charge in [-0.05, 0) is 30.2 Å². The van der Waals surface area contributed by atoms with Gasteiger partial charge in [-0.25, -0.2) is 0 Å². The number of aryl methyl sites for hydroxylation is 1. The Morgan fingerprint density at radius 2 is 2.00 bits per heavy atom. The zero-order valence-corrected chi connectivity index (χ0v) is 9.20. The number of hydrogen-bond acceptors (Lipinski definition) is 2. The molecular weight excluding hydrogens is 208 g/mol. The van der Waals surface area contributed by atoms with E-state index in [4.69, 9.17) is 11.6 Å². The smallest absolute Gasteiger partial charge is 0.149 e. The maximum atomic E-state index is 5.68. The van der Waals surface area contributed by atoms with Crippen LogP contribution in [-0.2, 0) is 6.42 Å². The molecule has 1 aromatic heterocycles. The van der Waals surface area contributed by atoms with Gasteiger partial charge in [-0.2, -0.15) is 0 Å². The summed E-state index contributed by atoms with van der Waals surface area (Å²) in [7, 11) is 0. The highest BCUT2D eigenvalue weighted by Crippen LogP contribution is 2.18. The molecule has 1 aromatic carbocycles. The lowest BCUT2D eigenvalue weighted by Gasteiger charge is -2.02. The summed E-state index contributed by atoms with van der Waals surface area (Å²) in [6.45, 7) is 2.13. The van der Waals surface area contributed by atoms with E-state index in [1.807, 2.05) is 18.2 Å². The van der Waals surface area contributed by atoms with E-state index >= 15 is 0 Å². The molecule has 0 bridgehead atoms. The van der Waals surface area contributed by atoms with E-state index in [1.54, 1.807) is 6.07 Å². The molecule has 0 aliphatic heterocycles. The van der Waals surface area contributed by atoms with Crippen molar-refractivity contribution in [3.8, 4) is 11.3 Å². The van der Waals surface area contributed by atoms with Gasteiger partial charge in [0.05, 0.1) is 5.69 Å². The molecule has 0 spiro atoms. The number of halogens is 1. The van der Waals surface area contributed by atoms with Crippen molar-refractivity contribution in [2.24, 2.45) is 0 Å². The van der Waals surface area contributed by atoms with Gasteiger partial charge in [-0.3, -0.25) is 0 Å². The molecule has 0 unspecified atom stereocenters. The largest absolute Gasteiger partial charge is 0.151 e. The van der Waals surface area contributed by atoms with Crippen molar-refractivity contribution in [1.29, 1.82) is 0 Å². The Balaban J connectivity index is 2.40. The topological polar surface area (TPSA) is 25.8 Å². The van der Waals surface area contributed by atoms with Crippen molar-refractivity contribution in [1.82, 2.24) is 10.2 Å². The van der Waals surface area contributed by atoms with Crippen LogP contribution in [0.1, 0.15) is 12.5 Å². The van der Waals surface area contributed by atoms with E-state index in [2.05, 4.69) is 29.3 Å². The highest BCUT2D eigenvalue weighted by Gasteiger charge is 2.00. The molecule has 0 aliphatic carbocycles. The molecule has 0 atom stereocenters. The molecule has 0 aliphatic rings. The fourth-order valence-corrected chi connectivity index (χ4v) is 1.52. The second kappa shape index (κ2) is 4.41. The fraction of sp³-hybridized carbons (Fsp3) is 0.167. The van der Waals surface area contributed by atoms with Crippen LogP contribution in [0, 0.1) is 0 Å². The summed E-state index contributed by atoms with van der Waals surface area (Å²) >= 11 is 5.68. The fourth-order valence-electron chi connectivity index (χ4n) is 1.42. The van der Waals surface area contributed by atoms with Gasteiger partial charge in [0.25, 0.3) is 0 Å². The molecule has 2 nitrogen and oxygen atoms in total. The van der Waals surface area contributed by atoms with Crippen LogP contribution < -0.4 is 0 Å². The molecule has 3 heteroatoms. The number of benzene rings is 1. The minimum absolute atomic E-state index is 0.422. The molecule has 0 amide bonds. The van der Waals surface area contributed by atoms with Gasteiger partial charge in [-0.15, -0.1) is 10.2 Å².